The van der Waals surface area contributed by atoms with Gasteiger partial charge in [0.25, 0.3) is 5.91 Å². The van der Waals surface area contributed by atoms with Crippen LogP contribution in [0, 0.1) is 12.3 Å². The average molecular weight is 223 g/mol. The fourth-order valence-corrected chi connectivity index (χ4v) is 1.39. The number of terminal acetylenes is 1. The molecule has 0 saturated heterocycles. The van der Waals surface area contributed by atoms with Crippen molar-refractivity contribution in [1.82, 2.24) is 9.97 Å². The average Bonchev–Trinajstić information content (AvgIpc) is 2.39. The van der Waals surface area contributed by atoms with Crippen LogP contribution in [-0.2, 0) is 0 Å². The molecule has 82 valence electrons. The van der Waals surface area contributed by atoms with Gasteiger partial charge in [-0.2, -0.15) is 0 Å². The molecule has 2 N–H and O–H groups in total. The molecular formula is C13H9N3O. The highest BCUT2D eigenvalue weighted by Crippen LogP contribution is 2.17. The first-order valence-corrected chi connectivity index (χ1v) is 4.89. The van der Waals surface area contributed by atoms with E-state index < -0.39 is 5.91 Å². The van der Waals surface area contributed by atoms with Crippen molar-refractivity contribution in [3.63, 3.8) is 0 Å². The van der Waals surface area contributed by atoms with Gasteiger partial charge in [-0.1, -0.05) is 18.1 Å². The van der Waals surface area contributed by atoms with E-state index in [0.717, 1.165) is 11.1 Å². The van der Waals surface area contributed by atoms with Crippen LogP contribution in [0.5, 0.6) is 0 Å². The number of carbonyl (C=O) groups excluding carboxylic acids is 1. The number of carbonyl (C=O) groups is 1. The zero-order chi connectivity index (χ0) is 12.3. The predicted octanol–water partition coefficient (Wildman–Crippen LogP) is 1.22. The standard InChI is InChI=1S/C13H9N3O/c1-2-9-4-3-5-10(6-9)11-7-15-8-12(16-11)13(14)17/h1,3-8H,(H2,14,17). The number of rotatable bonds is 2. The van der Waals surface area contributed by atoms with Crippen LogP contribution in [0.3, 0.4) is 0 Å². The lowest BCUT2D eigenvalue weighted by Gasteiger charge is -2.02. The van der Waals surface area contributed by atoms with Crippen molar-refractivity contribution < 1.29 is 4.79 Å². The third kappa shape index (κ3) is 2.29. The van der Waals surface area contributed by atoms with E-state index in [-0.39, 0.29) is 5.69 Å². The molecule has 4 heteroatoms. The fraction of sp³-hybridized carbons (Fsp3) is 0. The number of hydrogen-bond donors (Lipinski definition) is 1. The van der Waals surface area contributed by atoms with Gasteiger partial charge in [0, 0.05) is 11.1 Å². The number of nitrogens with two attached hydrogens (primary N) is 1. The molecule has 4 nitrogen and oxygen atoms in total. The van der Waals surface area contributed by atoms with Crippen molar-refractivity contribution in [3.05, 3.63) is 47.9 Å². The molecule has 1 aromatic carbocycles. The van der Waals surface area contributed by atoms with Gasteiger partial charge in [-0.3, -0.25) is 9.78 Å². The second-order valence-corrected chi connectivity index (χ2v) is 3.38. The monoisotopic (exact) mass is 223 g/mol. The molecule has 0 radical (unpaired) electrons. The first kappa shape index (κ1) is 10.8. The van der Waals surface area contributed by atoms with Crippen molar-refractivity contribution >= 4 is 5.91 Å². The molecule has 1 heterocycles. The molecule has 0 unspecified atom stereocenters. The van der Waals surface area contributed by atoms with Gasteiger partial charge in [0.2, 0.25) is 0 Å². The molecule has 1 aromatic heterocycles. The molecule has 2 rings (SSSR count). The van der Waals surface area contributed by atoms with Crippen LogP contribution in [0.15, 0.2) is 36.7 Å². The summed E-state index contributed by atoms with van der Waals surface area (Å²) in [6.45, 7) is 0. The first-order valence-electron chi connectivity index (χ1n) is 4.89. The highest BCUT2D eigenvalue weighted by Gasteiger charge is 2.06. The molecule has 0 spiro atoms. The molecule has 0 fully saturated rings. The quantitative estimate of drug-likeness (QED) is 0.778. The third-order valence-electron chi connectivity index (χ3n) is 2.21. The largest absolute Gasteiger partial charge is 0.364 e. The summed E-state index contributed by atoms with van der Waals surface area (Å²) < 4.78 is 0. The maximum atomic E-state index is 11.0. The van der Waals surface area contributed by atoms with Crippen molar-refractivity contribution in [1.29, 1.82) is 0 Å². The second kappa shape index (κ2) is 4.45. The summed E-state index contributed by atoms with van der Waals surface area (Å²) in [7, 11) is 0. The van der Waals surface area contributed by atoms with Gasteiger partial charge in [-0.05, 0) is 12.1 Å². The van der Waals surface area contributed by atoms with E-state index in [1.807, 2.05) is 18.2 Å². The third-order valence-corrected chi connectivity index (χ3v) is 2.21. The van der Waals surface area contributed by atoms with Crippen molar-refractivity contribution in [2.24, 2.45) is 5.73 Å². The zero-order valence-electron chi connectivity index (χ0n) is 8.92. The van der Waals surface area contributed by atoms with E-state index in [2.05, 4.69) is 15.9 Å². The Morgan fingerprint density at radius 3 is 2.88 bits per heavy atom. The van der Waals surface area contributed by atoms with Crippen LogP contribution >= 0.6 is 0 Å². The Labute approximate surface area is 98.5 Å². The Kier molecular flexibility index (Phi) is 2.84. The van der Waals surface area contributed by atoms with Crippen LogP contribution in [0.2, 0.25) is 0 Å². The molecule has 0 aliphatic carbocycles. The van der Waals surface area contributed by atoms with E-state index in [1.165, 1.54) is 6.20 Å². The van der Waals surface area contributed by atoms with E-state index >= 15 is 0 Å². The molecular weight excluding hydrogens is 214 g/mol. The normalized spacial score (nSPS) is 9.59. The number of amides is 1. The minimum absolute atomic E-state index is 0.133. The number of benzene rings is 1. The predicted molar refractivity (Wildman–Crippen MR) is 63.9 cm³/mol. The van der Waals surface area contributed by atoms with Gasteiger partial charge < -0.3 is 5.73 Å². The summed E-state index contributed by atoms with van der Waals surface area (Å²) in [4.78, 5) is 19.0. The summed E-state index contributed by atoms with van der Waals surface area (Å²) in [5.74, 6) is 1.93. The highest BCUT2D eigenvalue weighted by molar-refractivity contribution is 5.90. The molecule has 17 heavy (non-hydrogen) atoms. The van der Waals surface area contributed by atoms with Crippen molar-refractivity contribution in [2.45, 2.75) is 0 Å². The Bertz CT molecular complexity index is 614. The number of hydrogen-bond acceptors (Lipinski definition) is 3. The lowest BCUT2D eigenvalue weighted by molar-refractivity contribution is 0.0995. The van der Waals surface area contributed by atoms with Gasteiger partial charge in [0.1, 0.15) is 5.69 Å². The molecule has 0 saturated carbocycles. The lowest BCUT2D eigenvalue weighted by atomic mass is 10.1. The number of nitrogens with zero attached hydrogens (tertiary/aromatic N) is 2. The topological polar surface area (TPSA) is 68.9 Å². The van der Waals surface area contributed by atoms with Crippen LogP contribution in [0.4, 0.5) is 0 Å². The van der Waals surface area contributed by atoms with Gasteiger partial charge in [0.15, 0.2) is 0 Å². The van der Waals surface area contributed by atoms with Crippen molar-refractivity contribution in [3.8, 4) is 23.6 Å². The number of primary amides is 1. The van der Waals surface area contributed by atoms with Gasteiger partial charge in [-0.25, -0.2) is 4.98 Å². The zero-order valence-corrected chi connectivity index (χ0v) is 8.92. The van der Waals surface area contributed by atoms with E-state index in [0.29, 0.717) is 5.69 Å². The van der Waals surface area contributed by atoms with Crippen LogP contribution in [-0.4, -0.2) is 15.9 Å². The Balaban J connectivity index is 2.49. The summed E-state index contributed by atoms with van der Waals surface area (Å²) in [5.41, 5.74) is 7.39. The van der Waals surface area contributed by atoms with E-state index in [9.17, 15) is 4.79 Å². The minimum atomic E-state index is -0.604. The molecule has 2 aromatic rings. The Hall–Kier alpha value is -2.67. The summed E-state index contributed by atoms with van der Waals surface area (Å²) in [6, 6.07) is 7.28. The smallest absolute Gasteiger partial charge is 0.268 e. The lowest BCUT2D eigenvalue weighted by Crippen LogP contribution is -2.13. The minimum Gasteiger partial charge on any atom is -0.364 e. The first-order chi connectivity index (χ1) is 8.20. The molecule has 0 aliphatic heterocycles. The maximum Gasteiger partial charge on any atom is 0.268 e. The maximum absolute atomic E-state index is 11.0. The highest BCUT2D eigenvalue weighted by atomic mass is 16.1. The summed E-state index contributed by atoms with van der Waals surface area (Å²) in [5, 5.41) is 0. The van der Waals surface area contributed by atoms with E-state index in [1.54, 1.807) is 12.3 Å². The molecule has 0 aliphatic rings. The fourth-order valence-electron chi connectivity index (χ4n) is 1.39. The Morgan fingerprint density at radius 2 is 2.18 bits per heavy atom. The van der Waals surface area contributed by atoms with Crippen molar-refractivity contribution in [2.75, 3.05) is 0 Å². The SMILES string of the molecule is C#Cc1cccc(-c2cncc(C(N)=O)n2)c1. The molecule has 0 atom stereocenters. The summed E-state index contributed by atoms with van der Waals surface area (Å²) in [6.07, 6.45) is 8.20. The van der Waals surface area contributed by atoms with Gasteiger partial charge in [0.05, 0.1) is 18.1 Å². The van der Waals surface area contributed by atoms with Crippen LogP contribution < -0.4 is 5.73 Å². The van der Waals surface area contributed by atoms with Crippen LogP contribution in [0.25, 0.3) is 11.3 Å². The Morgan fingerprint density at radius 1 is 1.35 bits per heavy atom. The molecule has 0 bridgehead atoms. The van der Waals surface area contributed by atoms with E-state index in [4.69, 9.17) is 12.2 Å². The van der Waals surface area contributed by atoms with Gasteiger partial charge >= 0.3 is 0 Å². The van der Waals surface area contributed by atoms with Crippen LogP contribution in [0.1, 0.15) is 16.1 Å². The number of aromatic nitrogens is 2. The van der Waals surface area contributed by atoms with Gasteiger partial charge in [-0.15, -0.1) is 6.42 Å². The molecule has 1 amide bonds. The second-order valence-electron chi connectivity index (χ2n) is 3.38. The summed E-state index contributed by atoms with van der Waals surface area (Å²) >= 11 is 0.